The number of pyridine rings is 2. The molecular formula is C18H14Cl2N4O. The molecule has 25 heavy (non-hydrogen) atoms. The Morgan fingerprint density at radius 2 is 1.88 bits per heavy atom. The first-order chi connectivity index (χ1) is 12.1. The van der Waals surface area contributed by atoms with E-state index in [-0.39, 0.29) is 11.6 Å². The lowest BCUT2D eigenvalue weighted by Gasteiger charge is -2.09. The maximum atomic E-state index is 12.4. The molecule has 126 valence electrons. The van der Waals surface area contributed by atoms with Crippen LogP contribution >= 0.6 is 23.2 Å². The smallest absolute Gasteiger partial charge is 0.274 e. The fraction of sp³-hybridized carbons (Fsp3) is 0.0556. The quantitative estimate of drug-likeness (QED) is 0.683. The largest absolute Gasteiger partial charge is 0.379 e. The number of aromatic nitrogens is 2. The molecule has 0 saturated carbocycles. The van der Waals surface area contributed by atoms with Gasteiger partial charge in [0.25, 0.3) is 5.91 Å². The van der Waals surface area contributed by atoms with E-state index in [1.54, 1.807) is 42.7 Å². The van der Waals surface area contributed by atoms with E-state index in [1.165, 1.54) is 0 Å². The predicted octanol–water partition coefficient (Wildman–Crippen LogP) is 4.65. The van der Waals surface area contributed by atoms with Gasteiger partial charge < -0.3 is 10.6 Å². The molecule has 0 spiro atoms. The highest BCUT2D eigenvalue weighted by molar-refractivity contribution is 6.36. The van der Waals surface area contributed by atoms with Crippen LogP contribution in [0, 0.1) is 0 Å². The van der Waals surface area contributed by atoms with Gasteiger partial charge in [-0.05, 0) is 42.5 Å². The zero-order valence-electron chi connectivity index (χ0n) is 13.0. The first kappa shape index (κ1) is 17.2. The Bertz CT molecular complexity index is 887. The summed E-state index contributed by atoms with van der Waals surface area (Å²) < 4.78 is 0. The highest BCUT2D eigenvalue weighted by atomic mass is 35.5. The van der Waals surface area contributed by atoms with E-state index in [0.29, 0.717) is 22.3 Å². The second-order valence-electron chi connectivity index (χ2n) is 5.18. The van der Waals surface area contributed by atoms with Crippen LogP contribution in [0.15, 0.2) is 60.9 Å². The molecule has 0 fully saturated rings. The Hall–Kier alpha value is -2.63. The average molecular weight is 373 g/mol. The van der Waals surface area contributed by atoms with Gasteiger partial charge >= 0.3 is 0 Å². The lowest BCUT2D eigenvalue weighted by Crippen LogP contribution is -2.14. The molecule has 0 aliphatic carbocycles. The summed E-state index contributed by atoms with van der Waals surface area (Å²) in [4.78, 5) is 20.7. The average Bonchev–Trinajstić information content (AvgIpc) is 2.63. The van der Waals surface area contributed by atoms with Crippen LogP contribution in [-0.2, 0) is 6.54 Å². The molecule has 2 aromatic heterocycles. The normalized spacial score (nSPS) is 10.3. The van der Waals surface area contributed by atoms with Gasteiger partial charge in [0.05, 0.1) is 22.9 Å². The van der Waals surface area contributed by atoms with Gasteiger partial charge in [-0.3, -0.25) is 14.8 Å². The second kappa shape index (κ2) is 7.96. The summed E-state index contributed by atoms with van der Waals surface area (Å²) in [5, 5.41) is 6.80. The number of hydrogen-bond acceptors (Lipinski definition) is 4. The van der Waals surface area contributed by atoms with E-state index < -0.39 is 0 Å². The third-order valence-corrected chi connectivity index (χ3v) is 3.92. The van der Waals surface area contributed by atoms with Gasteiger partial charge in [0, 0.05) is 23.1 Å². The number of anilines is 2. The van der Waals surface area contributed by atoms with Crippen molar-refractivity contribution in [3.63, 3.8) is 0 Å². The van der Waals surface area contributed by atoms with Crippen LogP contribution < -0.4 is 10.6 Å². The predicted molar refractivity (Wildman–Crippen MR) is 100 cm³/mol. The number of benzene rings is 1. The Morgan fingerprint density at radius 1 is 1.00 bits per heavy atom. The van der Waals surface area contributed by atoms with Crippen LogP contribution in [0.2, 0.25) is 10.0 Å². The molecule has 0 aliphatic heterocycles. The van der Waals surface area contributed by atoms with E-state index in [1.807, 2.05) is 18.2 Å². The lowest BCUT2D eigenvalue weighted by atomic mass is 10.2. The molecule has 2 heterocycles. The van der Waals surface area contributed by atoms with Crippen LogP contribution in [0.4, 0.5) is 11.4 Å². The molecule has 2 N–H and O–H groups in total. The molecule has 0 unspecified atom stereocenters. The molecule has 0 bridgehead atoms. The molecule has 1 aromatic carbocycles. The van der Waals surface area contributed by atoms with Crippen LogP contribution in [0.3, 0.4) is 0 Å². The number of hydrogen-bond donors (Lipinski definition) is 2. The van der Waals surface area contributed by atoms with Crippen molar-refractivity contribution in [2.75, 3.05) is 10.6 Å². The molecular weight excluding hydrogens is 359 g/mol. The van der Waals surface area contributed by atoms with Gasteiger partial charge in [0.1, 0.15) is 5.69 Å². The number of nitrogens with one attached hydrogen (secondary N) is 2. The van der Waals surface area contributed by atoms with Gasteiger partial charge in [0.15, 0.2) is 0 Å². The summed E-state index contributed by atoms with van der Waals surface area (Å²) in [6.45, 7) is 0.551. The second-order valence-corrected chi connectivity index (χ2v) is 6.03. The standard InChI is InChI=1S/C18H14Cl2N4O/c19-12-4-5-16(15(20)9-12)24-18(25)17-10-13(6-8-22-17)23-11-14-3-1-2-7-21-14/h1-10H,11H2,(H,22,23)(H,24,25). The summed E-state index contributed by atoms with van der Waals surface area (Å²) in [6.07, 6.45) is 3.30. The van der Waals surface area contributed by atoms with E-state index in [9.17, 15) is 4.79 Å². The number of carbonyl (C=O) groups excluding carboxylic acids is 1. The number of halogens is 2. The van der Waals surface area contributed by atoms with Crippen LogP contribution in [-0.4, -0.2) is 15.9 Å². The van der Waals surface area contributed by atoms with Crippen molar-refractivity contribution in [3.05, 3.63) is 82.4 Å². The van der Waals surface area contributed by atoms with Crippen LogP contribution in [0.25, 0.3) is 0 Å². The third-order valence-electron chi connectivity index (χ3n) is 3.37. The van der Waals surface area contributed by atoms with Crippen molar-refractivity contribution in [1.29, 1.82) is 0 Å². The third kappa shape index (κ3) is 4.68. The fourth-order valence-electron chi connectivity index (χ4n) is 2.14. The van der Waals surface area contributed by atoms with Crippen molar-refractivity contribution in [2.24, 2.45) is 0 Å². The topological polar surface area (TPSA) is 66.9 Å². The molecule has 3 rings (SSSR count). The summed E-state index contributed by atoms with van der Waals surface area (Å²) >= 11 is 11.9. The Kier molecular flexibility index (Phi) is 5.48. The first-order valence-electron chi connectivity index (χ1n) is 7.48. The first-order valence-corrected chi connectivity index (χ1v) is 8.23. The summed E-state index contributed by atoms with van der Waals surface area (Å²) in [6, 6.07) is 14.0. The van der Waals surface area contributed by atoms with Gasteiger partial charge in [-0.1, -0.05) is 29.3 Å². The number of amides is 1. The van der Waals surface area contributed by atoms with Crippen molar-refractivity contribution in [2.45, 2.75) is 6.54 Å². The Morgan fingerprint density at radius 3 is 2.64 bits per heavy atom. The number of rotatable bonds is 5. The van der Waals surface area contributed by atoms with E-state index in [2.05, 4.69) is 20.6 Å². The molecule has 0 radical (unpaired) electrons. The van der Waals surface area contributed by atoms with Crippen molar-refractivity contribution in [1.82, 2.24) is 9.97 Å². The SMILES string of the molecule is O=C(Nc1ccc(Cl)cc1Cl)c1cc(NCc2ccccn2)ccn1. The van der Waals surface area contributed by atoms with Crippen LogP contribution in [0.5, 0.6) is 0 Å². The molecule has 7 heteroatoms. The molecule has 3 aromatic rings. The minimum Gasteiger partial charge on any atom is -0.379 e. The lowest BCUT2D eigenvalue weighted by molar-refractivity contribution is 0.102. The molecule has 0 aliphatic rings. The highest BCUT2D eigenvalue weighted by Gasteiger charge is 2.11. The molecule has 5 nitrogen and oxygen atoms in total. The van der Waals surface area contributed by atoms with Gasteiger partial charge in [-0.25, -0.2) is 0 Å². The monoisotopic (exact) mass is 372 g/mol. The number of nitrogens with zero attached hydrogens (tertiary/aromatic N) is 2. The maximum absolute atomic E-state index is 12.4. The van der Waals surface area contributed by atoms with E-state index in [0.717, 1.165) is 11.4 Å². The van der Waals surface area contributed by atoms with Gasteiger partial charge in [0.2, 0.25) is 0 Å². The van der Waals surface area contributed by atoms with Crippen molar-refractivity contribution < 1.29 is 4.79 Å². The van der Waals surface area contributed by atoms with Crippen LogP contribution in [0.1, 0.15) is 16.2 Å². The fourth-order valence-corrected chi connectivity index (χ4v) is 2.59. The van der Waals surface area contributed by atoms with E-state index in [4.69, 9.17) is 23.2 Å². The zero-order valence-corrected chi connectivity index (χ0v) is 14.6. The Balaban J connectivity index is 1.69. The summed E-state index contributed by atoms with van der Waals surface area (Å²) in [7, 11) is 0. The summed E-state index contributed by atoms with van der Waals surface area (Å²) in [5.74, 6) is -0.356. The minimum absolute atomic E-state index is 0.275. The molecule has 0 atom stereocenters. The van der Waals surface area contributed by atoms with Gasteiger partial charge in [-0.2, -0.15) is 0 Å². The minimum atomic E-state index is -0.356. The zero-order chi connectivity index (χ0) is 17.6. The molecule has 1 amide bonds. The number of carbonyl (C=O) groups is 1. The van der Waals surface area contributed by atoms with Crippen molar-refractivity contribution >= 4 is 40.5 Å². The molecule has 0 saturated heterocycles. The maximum Gasteiger partial charge on any atom is 0.274 e. The van der Waals surface area contributed by atoms with E-state index >= 15 is 0 Å². The summed E-state index contributed by atoms with van der Waals surface area (Å²) in [5.41, 5.74) is 2.42. The van der Waals surface area contributed by atoms with Gasteiger partial charge in [-0.15, -0.1) is 0 Å². The Labute approximate surface area is 155 Å². The highest BCUT2D eigenvalue weighted by Crippen LogP contribution is 2.25. The van der Waals surface area contributed by atoms with Crippen molar-refractivity contribution in [3.8, 4) is 0 Å².